The number of nitrogen functional groups attached to an aromatic ring is 1. The number of nitro benzene ring substituents is 1. The zero-order valence-corrected chi connectivity index (χ0v) is 11.0. The number of hydrogen-bond donors (Lipinski definition) is 1. The Morgan fingerprint density at radius 3 is 2.65 bits per heavy atom. The van der Waals surface area contributed by atoms with Crippen LogP contribution in [0.5, 0.6) is 0 Å². The lowest BCUT2D eigenvalue weighted by Crippen LogP contribution is -1.96. The van der Waals surface area contributed by atoms with Gasteiger partial charge in [0, 0.05) is 22.3 Å². The van der Waals surface area contributed by atoms with E-state index in [1.807, 2.05) is 0 Å². The molecule has 0 heterocycles. The molecule has 0 aliphatic rings. The quantitative estimate of drug-likeness (QED) is 0.404. The summed E-state index contributed by atoms with van der Waals surface area (Å²) < 4.78 is 27.1. The lowest BCUT2D eigenvalue weighted by molar-refractivity contribution is -0.387. The summed E-state index contributed by atoms with van der Waals surface area (Å²) in [6, 6.07) is 8.26. The van der Waals surface area contributed by atoms with Crippen molar-refractivity contribution >= 4 is 23.1 Å². The van der Waals surface area contributed by atoms with Crippen molar-refractivity contribution in [2.24, 2.45) is 0 Å². The van der Waals surface area contributed by atoms with Crippen LogP contribution >= 0.6 is 11.8 Å². The van der Waals surface area contributed by atoms with Crippen molar-refractivity contribution < 1.29 is 13.7 Å². The minimum absolute atomic E-state index is 0.0379. The van der Waals surface area contributed by atoms with E-state index in [-0.39, 0.29) is 17.0 Å². The van der Waals surface area contributed by atoms with E-state index in [1.54, 1.807) is 6.07 Å². The van der Waals surface area contributed by atoms with Crippen molar-refractivity contribution in [2.45, 2.75) is 10.6 Å². The first-order valence-electron chi connectivity index (χ1n) is 5.58. The van der Waals surface area contributed by atoms with Gasteiger partial charge in [-0.1, -0.05) is 12.1 Å². The van der Waals surface area contributed by atoms with E-state index in [2.05, 4.69) is 0 Å². The van der Waals surface area contributed by atoms with Crippen LogP contribution in [0.2, 0.25) is 0 Å². The Kier molecular flexibility index (Phi) is 4.19. The van der Waals surface area contributed by atoms with Gasteiger partial charge in [-0.25, -0.2) is 4.39 Å². The predicted molar refractivity (Wildman–Crippen MR) is 73.4 cm³/mol. The molecule has 2 aromatic carbocycles. The molecule has 0 saturated heterocycles. The summed E-state index contributed by atoms with van der Waals surface area (Å²) >= 11 is 1.17. The molecule has 2 N–H and O–H groups in total. The molecule has 0 aliphatic carbocycles. The minimum atomic E-state index is -0.860. The molecule has 0 aliphatic heterocycles. The molecular formula is C13H10F2N2O2S. The Morgan fingerprint density at radius 1 is 1.25 bits per heavy atom. The van der Waals surface area contributed by atoms with Gasteiger partial charge in [0.2, 0.25) is 5.82 Å². The molecule has 0 aromatic heterocycles. The molecule has 2 aromatic rings. The number of nitrogens with two attached hydrogens (primary N) is 1. The first kappa shape index (κ1) is 14.3. The smallest absolute Gasteiger partial charge is 0.305 e. The third-order valence-electron chi connectivity index (χ3n) is 2.62. The molecule has 0 radical (unpaired) electrons. The molecule has 7 heteroatoms. The van der Waals surface area contributed by atoms with Gasteiger partial charge in [0.1, 0.15) is 5.82 Å². The average Bonchev–Trinajstić information content (AvgIpc) is 2.41. The van der Waals surface area contributed by atoms with Gasteiger partial charge < -0.3 is 5.73 Å². The second-order valence-electron chi connectivity index (χ2n) is 3.98. The molecule has 0 unspecified atom stereocenters. The summed E-state index contributed by atoms with van der Waals surface area (Å²) in [7, 11) is 0. The van der Waals surface area contributed by atoms with E-state index < -0.39 is 22.2 Å². The normalized spacial score (nSPS) is 10.5. The molecular weight excluding hydrogens is 286 g/mol. The fraction of sp³-hybridized carbons (Fsp3) is 0.0769. The molecule has 4 nitrogen and oxygen atoms in total. The van der Waals surface area contributed by atoms with E-state index in [0.29, 0.717) is 4.90 Å². The SMILES string of the molecule is Nc1ccc(SCc2cccc([N+](=O)[O-])c2F)cc1F. The van der Waals surface area contributed by atoms with Gasteiger partial charge in [0.05, 0.1) is 10.6 Å². The zero-order valence-electron chi connectivity index (χ0n) is 10.2. The van der Waals surface area contributed by atoms with Crippen LogP contribution in [0.15, 0.2) is 41.3 Å². The molecule has 0 spiro atoms. The highest BCUT2D eigenvalue weighted by Crippen LogP contribution is 2.28. The second-order valence-corrected chi connectivity index (χ2v) is 5.03. The van der Waals surface area contributed by atoms with Crippen LogP contribution in [0.25, 0.3) is 0 Å². The number of anilines is 1. The molecule has 0 saturated carbocycles. The fourth-order valence-electron chi connectivity index (χ4n) is 1.58. The third kappa shape index (κ3) is 3.05. The van der Waals surface area contributed by atoms with Crippen LogP contribution in [-0.2, 0) is 5.75 Å². The van der Waals surface area contributed by atoms with Crippen molar-refractivity contribution in [3.05, 3.63) is 63.7 Å². The predicted octanol–water partition coefficient (Wildman–Crippen LogP) is 3.75. The second kappa shape index (κ2) is 5.87. The highest BCUT2D eigenvalue weighted by molar-refractivity contribution is 7.98. The Hall–Kier alpha value is -2.15. The van der Waals surface area contributed by atoms with Gasteiger partial charge in [0.15, 0.2) is 0 Å². The standard InChI is InChI=1S/C13H10F2N2O2S/c14-10-6-9(4-5-11(10)16)20-7-8-2-1-3-12(13(8)15)17(18)19/h1-6H,7,16H2. The number of nitrogens with zero attached hydrogens (tertiary/aromatic N) is 1. The van der Waals surface area contributed by atoms with E-state index in [4.69, 9.17) is 5.73 Å². The maximum Gasteiger partial charge on any atom is 0.305 e. The monoisotopic (exact) mass is 296 g/mol. The van der Waals surface area contributed by atoms with Gasteiger partial charge in [-0.05, 0) is 18.2 Å². The molecule has 20 heavy (non-hydrogen) atoms. The highest BCUT2D eigenvalue weighted by atomic mass is 32.2. The summed E-state index contributed by atoms with van der Waals surface area (Å²) in [6.45, 7) is 0. The van der Waals surface area contributed by atoms with Gasteiger partial charge in [-0.15, -0.1) is 11.8 Å². The van der Waals surface area contributed by atoms with Crippen molar-refractivity contribution in [2.75, 3.05) is 5.73 Å². The minimum Gasteiger partial charge on any atom is -0.396 e. The Labute approximate surface area is 117 Å². The largest absolute Gasteiger partial charge is 0.396 e. The summed E-state index contributed by atoms with van der Waals surface area (Å²) in [5, 5.41) is 10.6. The van der Waals surface area contributed by atoms with Crippen LogP contribution in [0.1, 0.15) is 5.56 Å². The number of rotatable bonds is 4. The molecule has 0 bridgehead atoms. The average molecular weight is 296 g/mol. The maximum atomic E-state index is 13.8. The Bertz CT molecular complexity index is 665. The molecule has 0 fully saturated rings. The summed E-state index contributed by atoms with van der Waals surface area (Å²) in [6.07, 6.45) is 0. The van der Waals surface area contributed by atoms with Crippen LogP contribution in [0.3, 0.4) is 0 Å². The van der Waals surface area contributed by atoms with Gasteiger partial charge >= 0.3 is 5.69 Å². The molecule has 104 valence electrons. The lowest BCUT2D eigenvalue weighted by atomic mass is 10.2. The Morgan fingerprint density at radius 2 is 2.00 bits per heavy atom. The first-order valence-corrected chi connectivity index (χ1v) is 6.57. The zero-order chi connectivity index (χ0) is 14.7. The topological polar surface area (TPSA) is 69.2 Å². The van der Waals surface area contributed by atoms with E-state index in [0.717, 1.165) is 6.07 Å². The van der Waals surface area contributed by atoms with Crippen LogP contribution in [0.4, 0.5) is 20.2 Å². The molecule has 0 atom stereocenters. The van der Waals surface area contributed by atoms with Crippen molar-refractivity contribution in [3.63, 3.8) is 0 Å². The molecule has 2 rings (SSSR count). The van der Waals surface area contributed by atoms with Crippen LogP contribution < -0.4 is 5.73 Å². The number of benzene rings is 2. The van der Waals surface area contributed by atoms with Crippen LogP contribution in [-0.4, -0.2) is 4.92 Å². The van der Waals surface area contributed by atoms with Crippen molar-refractivity contribution in [1.29, 1.82) is 0 Å². The van der Waals surface area contributed by atoms with Gasteiger partial charge in [0.25, 0.3) is 0 Å². The Balaban J connectivity index is 2.17. The van der Waals surface area contributed by atoms with E-state index in [1.165, 1.54) is 36.0 Å². The summed E-state index contributed by atoms with van der Waals surface area (Å²) in [5.41, 5.74) is 5.02. The fourth-order valence-corrected chi connectivity index (χ4v) is 2.47. The van der Waals surface area contributed by atoms with Crippen molar-refractivity contribution in [1.82, 2.24) is 0 Å². The highest BCUT2D eigenvalue weighted by Gasteiger charge is 2.17. The van der Waals surface area contributed by atoms with Gasteiger partial charge in [-0.2, -0.15) is 4.39 Å². The number of thioether (sulfide) groups is 1. The maximum absolute atomic E-state index is 13.8. The lowest BCUT2D eigenvalue weighted by Gasteiger charge is -2.05. The molecule has 0 amide bonds. The van der Waals surface area contributed by atoms with Gasteiger partial charge in [-0.3, -0.25) is 10.1 Å². The summed E-state index contributed by atoms with van der Waals surface area (Å²) in [4.78, 5) is 10.4. The van der Waals surface area contributed by atoms with E-state index in [9.17, 15) is 18.9 Å². The van der Waals surface area contributed by atoms with Crippen molar-refractivity contribution in [3.8, 4) is 0 Å². The number of nitro groups is 1. The third-order valence-corrected chi connectivity index (χ3v) is 3.66. The number of hydrogen-bond acceptors (Lipinski definition) is 4. The van der Waals surface area contributed by atoms with Crippen LogP contribution in [0, 0.1) is 21.7 Å². The number of halogens is 2. The summed E-state index contributed by atoms with van der Waals surface area (Å²) in [5.74, 6) is -1.24. The van der Waals surface area contributed by atoms with E-state index >= 15 is 0 Å². The first-order chi connectivity index (χ1) is 9.49.